The first-order valence-electron chi connectivity index (χ1n) is 9.35. The average molecular weight is 354 g/mol. The fourth-order valence-electron chi connectivity index (χ4n) is 5.09. The van der Waals surface area contributed by atoms with Gasteiger partial charge in [0.2, 0.25) is 0 Å². The van der Waals surface area contributed by atoms with Crippen LogP contribution < -0.4 is 0 Å². The Morgan fingerprint density at radius 2 is 2.04 bits per heavy atom. The summed E-state index contributed by atoms with van der Waals surface area (Å²) in [6, 6.07) is 15.9. The molecule has 1 saturated heterocycles. The predicted molar refractivity (Wildman–Crippen MR) is 103 cm³/mol. The van der Waals surface area contributed by atoms with Crippen molar-refractivity contribution < 1.29 is 9.59 Å². The molecule has 1 N–H and O–H groups in total. The molecule has 2 fully saturated rings. The number of nitrogens with one attached hydrogen (secondary N) is 1. The summed E-state index contributed by atoms with van der Waals surface area (Å²) in [6.07, 6.45) is 2.72. The van der Waals surface area contributed by atoms with Crippen LogP contribution in [0, 0.1) is 12.8 Å². The molecule has 4 heteroatoms. The van der Waals surface area contributed by atoms with Gasteiger partial charge in [-0.1, -0.05) is 35.9 Å². The van der Waals surface area contributed by atoms with Gasteiger partial charge in [0.1, 0.15) is 5.69 Å². The van der Waals surface area contributed by atoms with E-state index < -0.39 is 0 Å². The van der Waals surface area contributed by atoms with Gasteiger partial charge >= 0.3 is 0 Å². The van der Waals surface area contributed by atoms with Crippen molar-refractivity contribution in [3.05, 3.63) is 82.7 Å². The summed E-state index contributed by atoms with van der Waals surface area (Å²) in [5.41, 5.74) is 5.35. The highest BCUT2D eigenvalue weighted by atomic mass is 16.2. The predicted octanol–water partition coefficient (Wildman–Crippen LogP) is 3.97. The number of aromatic amines is 1. The van der Waals surface area contributed by atoms with Crippen LogP contribution in [0.1, 0.15) is 38.4 Å². The number of carbonyl (C=O) groups excluding carboxylic acids is 2. The van der Waals surface area contributed by atoms with Crippen LogP contribution in [-0.2, 0) is 5.41 Å². The standard InChI is InChI=1S/C23H18N2O2/c1-13-6-7-18-14(8-13)9-19(24-18)22(27)25-12-15-11-23(15)17-5-3-2-4-16(17)20(26)10-21(23)25/h2-10,15,24H,11-12H2,1H3/t15-,23-/m1/s1. The first kappa shape index (κ1) is 15.0. The molecule has 0 bridgehead atoms. The molecule has 0 radical (unpaired) electrons. The normalized spacial score (nSPS) is 25.1. The van der Waals surface area contributed by atoms with E-state index in [9.17, 15) is 9.59 Å². The van der Waals surface area contributed by atoms with Crippen molar-refractivity contribution in [2.75, 3.05) is 6.54 Å². The fourth-order valence-corrected chi connectivity index (χ4v) is 5.09. The minimum Gasteiger partial charge on any atom is -0.351 e. The summed E-state index contributed by atoms with van der Waals surface area (Å²) in [5, 5.41) is 1.04. The van der Waals surface area contributed by atoms with Crippen LogP contribution in [0.15, 0.2) is 60.3 Å². The summed E-state index contributed by atoms with van der Waals surface area (Å²) in [4.78, 5) is 31.0. The number of rotatable bonds is 1. The third-order valence-electron chi connectivity index (χ3n) is 6.45. The Bertz CT molecular complexity index is 1200. The van der Waals surface area contributed by atoms with Crippen molar-refractivity contribution in [3.8, 4) is 0 Å². The monoisotopic (exact) mass is 354 g/mol. The lowest BCUT2D eigenvalue weighted by Crippen LogP contribution is -2.33. The Morgan fingerprint density at radius 1 is 1.19 bits per heavy atom. The van der Waals surface area contributed by atoms with Crippen LogP contribution >= 0.6 is 0 Å². The first-order valence-corrected chi connectivity index (χ1v) is 9.35. The maximum Gasteiger partial charge on any atom is 0.274 e. The number of ketones is 1. The number of H-pyrrole nitrogens is 1. The van der Waals surface area contributed by atoms with E-state index >= 15 is 0 Å². The van der Waals surface area contributed by atoms with Gasteiger partial charge in [-0.15, -0.1) is 0 Å². The molecule has 1 spiro atoms. The van der Waals surface area contributed by atoms with Gasteiger partial charge in [-0.25, -0.2) is 0 Å². The fraction of sp³-hybridized carbons (Fsp3) is 0.217. The largest absolute Gasteiger partial charge is 0.351 e. The van der Waals surface area contributed by atoms with Gasteiger partial charge in [0.25, 0.3) is 5.91 Å². The molecule has 1 aromatic heterocycles. The summed E-state index contributed by atoms with van der Waals surface area (Å²) in [6.45, 7) is 2.72. The number of amides is 1. The zero-order valence-electron chi connectivity index (χ0n) is 15.0. The number of hydrogen-bond donors (Lipinski definition) is 1. The van der Waals surface area contributed by atoms with Gasteiger partial charge < -0.3 is 9.88 Å². The molecule has 3 aromatic rings. The molecule has 132 valence electrons. The molecule has 3 aliphatic rings. The van der Waals surface area contributed by atoms with Crippen molar-refractivity contribution in [2.45, 2.75) is 18.8 Å². The van der Waals surface area contributed by atoms with E-state index in [1.54, 1.807) is 6.08 Å². The van der Waals surface area contributed by atoms with E-state index in [0.29, 0.717) is 18.2 Å². The van der Waals surface area contributed by atoms with Crippen molar-refractivity contribution in [2.24, 2.45) is 5.92 Å². The van der Waals surface area contributed by atoms with Crippen LogP contribution in [0.3, 0.4) is 0 Å². The van der Waals surface area contributed by atoms with E-state index in [0.717, 1.165) is 34.1 Å². The number of likely N-dealkylation sites (tertiary alicyclic amines) is 1. The zero-order chi connectivity index (χ0) is 18.3. The van der Waals surface area contributed by atoms with Gasteiger partial charge in [-0.05, 0) is 43.0 Å². The second-order valence-electron chi connectivity index (χ2n) is 8.00. The summed E-state index contributed by atoms with van der Waals surface area (Å²) < 4.78 is 0. The Kier molecular flexibility index (Phi) is 2.64. The highest BCUT2D eigenvalue weighted by molar-refractivity contribution is 6.10. The second kappa shape index (κ2) is 4.77. The van der Waals surface area contributed by atoms with Crippen LogP contribution in [0.25, 0.3) is 10.9 Å². The van der Waals surface area contributed by atoms with Crippen molar-refractivity contribution in [3.63, 3.8) is 0 Å². The molecule has 1 amide bonds. The van der Waals surface area contributed by atoms with Crippen LogP contribution in [0.5, 0.6) is 0 Å². The molecule has 1 aliphatic heterocycles. The Labute approximate surface area is 156 Å². The molecule has 2 aliphatic carbocycles. The highest BCUT2D eigenvalue weighted by Gasteiger charge is 2.67. The Balaban J connectivity index is 1.43. The Hall–Kier alpha value is -3.14. The number of aryl methyl sites for hydroxylation is 1. The van der Waals surface area contributed by atoms with Crippen LogP contribution in [0.2, 0.25) is 0 Å². The third-order valence-corrected chi connectivity index (χ3v) is 6.45. The van der Waals surface area contributed by atoms with Gasteiger partial charge in [0, 0.05) is 40.2 Å². The van der Waals surface area contributed by atoms with Crippen LogP contribution in [0.4, 0.5) is 0 Å². The number of nitrogens with zero attached hydrogens (tertiary/aromatic N) is 1. The van der Waals surface area contributed by atoms with Crippen molar-refractivity contribution in [1.29, 1.82) is 0 Å². The van der Waals surface area contributed by atoms with Gasteiger partial charge in [0.05, 0.1) is 0 Å². The van der Waals surface area contributed by atoms with Gasteiger partial charge in [0.15, 0.2) is 5.78 Å². The first-order chi connectivity index (χ1) is 13.1. The average Bonchev–Trinajstić information content (AvgIpc) is 3.06. The summed E-state index contributed by atoms with van der Waals surface area (Å²) in [5.74, 6) is 0.367. The number of hydrogen-bond acceptors (Lipinski definition) is 2. The summed E-state index contributed by atoms with van der Waals surface area (Å²) >= 11 is 0. The third kappa shape index (κ3) is 1.82. The lowest BCUT2D eigenvalue weighted by atomic mass is 9.81. The van der Waals surface area contributed by atoms with Crippen molar-refractivity contribution in [1.82, 2.24) is 9.88 Å². The van der Waals surface area contributed by atoms with E-state index in [-0.39, 0.29) is 17.1 Å². The zero-order valence-corrected chi connectivity index (χ0v) is 15.0. The van der Waals surface area contributed by atoms with Gasteiger partial charge in [-0.3, -0.25) is 9.59 Å². The SMILES string of the molecule is Cc1ccc2[nH]c(C(=O)N3C[C@H]4C[C@@]45C3=CC(=O)c3ccccc35)cc2c1. The molecule has 2 aromatic carbocycles. The van der Waals surface area contributed by atoms with E-state index in [2.05, 4.69) is 17.1 Å². The maximum absolute atomic E-state index is 13.3. The lowest BCUT2D eigenvalue weighted by molar-refractivity contribution is 0.0806. The quantitative estimate of drug-likeness (QED) is 0.719. The van der Waals surface area contributed by atoms with E-state index in [1.807, 2.05) is 48.2 Å². The number of piperidine rings is 1. The number of benzene rings is 2. The van der Waals surface area contributed by atoms with E-state index in [1.165, 1.54) is 5.56 Å². The number of carbonyl (C=O) groups is 2. The molecule has 6 rings (SSSR count). The lowest BCUT2D eigenvalue weighted by Gasteiger charge is -2.29. The molecular formula is C23H18N2O2. The minimum atomic E-state index is -0.136. The van der Waals surface area contributed by atoms with Gasteiger partial charge in [-0.2, -0.15) is 0 Å². The molecule has 27 heavy (non-hydrogen) atoms. The van der Waals surface area contributed by atoms with Crippen LogP contribution in [-0.4, -0.2) is 28.1 Å². The summed E-state index contributed by atoms with van der Waals surface area (Å²) in [7, 11) is 0. The Morgan fingerprint density at radius 3 is 2.93 bits per heavy atom. The van der Waals surface area contributed by atoms with E-state index in [4.69, 9.17) is 0 Å². The number of aromatic nitrogens is 1. The maximum atomic E-state index is 13.3. The molecule has 1 saturated carbocycles. The highest BCUT2D eigenvalue weighted by Crippen LogP contribution is 2.66. The molecular weight excluding hydrogens is 336 g/mol. The van der Waals surface area contributed by atoms with Crippen molar-refractivity contribution >= 4 is 22.6 Å². The minimum absolute atomic E-state index is 0.00356. The molecule has 2 heterocycles. The smallest absolute Gasteiger partial charge is 0.274 e. The number of allylic oxidation sites excluding steroid dienone is 2. The number of fused-ring (bicyclic) bond motifs is 2. The molecule has 0 unspecified atom stereocenters. The topological polar surface area (TPSA) is 53.2 Å². The second-order valence-corrected chi connectivity index (χ2v) is 8.00. The molecule has 2 atom stereocenters. The molecule has 4 nitrogen and oxygen atoms in total.